The predicted molar refractivity (Wildman–Crippen MR) is 105 cm³/mol. The van der Waals surface area contributed by atoms with E-state index in [2.05, 4.69) is 10.6 Å². The fraction of sp³-hybridized carbons (Fsp3) is 0.500. The van der Waals surface area contributed by atoms with E-state index in [4.69, 9.17) is 34.8 Å². The van der Waals surface area contributed by atoms with Gasteiger partial charge in [0, 0.05) is 5.02 Å². The lowest BCUT2D eigenvalue weighted by atomic mass is 9.84. The lowest BCUT2D eigenvalue weighted by molar-refractivity contribution is -0.134. The lowest BCUT2D eigenvalue weighted by Crippen LogP contribution is -2.47. The first kappa shape index (κ1) is 20.2. The van der Waals surface area contributed by atoms with Gasteiger partial charge in [0.15, 0.2) is 0 Å². The number of carbonyl (C=O) groups is 3. The fourth-order valence-corrected chi connectivity index (χ4v) is 4.56. The highest BCUT2D eigenvalue weighted by atomic mass is 35.5. The van der Waals surface area contributed by atoms with E-state index in [1.165, 1.54) is 12.1 Å². The number of hydrogen-bond donors (Lipinski definition) is 2. The summed E-state index contributed by atoms with van der Waals surface area (Å²) in [6, 6.07) is 2.35. The molecule has 2 aliphatic rings. The number of anilines is 1. The average molecular weight is 433 g/mol. The molecule has 1 aromatic carbocycles. The molecule has 0 atom stereocenters. The third kappa shape index (κ3) is 4.33. The molecular formula is C18H20Cl3N3O3. The minimum absolute atomic E-state index is 0.175. The van der Waals surface area contributed by atoms with Crippen LogP contribution in [0.4, 0.5) is 10.5 Å². The van der Waals surface area contributed by atoms with Gasteiger partial charge in [-0.05, 0) is 25.0 Å². The van der Waals surface area contributed by atoms with Crippen LogP contribution in [0.15, 0.2) is 12.1 Å². The molecule has 0 unspecified atom stereocenters. The number of rotatable bonds is 3. The van der Waals surface area contributed by atoms with Crippen LogP contribution in [0.25, 0.3) is 0 Å². The molecule has 1 saturated heterocycles. The predicted octanol–water partition coefficient (Wildman–Crippen LogP) is 4.62. The van der Waals surface area contributed by atoms with Crippen LogP contribution in [0, 0.1) is 0 Å². The van der Waals surface area contributed by atoms with E-state index in [9.17, 15) is 14.4 Å². The second-order valence-corrected chi connectivity index (χ2v) is 8.21. The van der Waals surface area contributed by atoms with Crippen molar-refractivity contribution < 1.29 is 14.4 Å². The maximum absolute atomic E-state index is 12.9. The molecule has 0 aromatic heterocycles. The Morgan fingerprint density at radius 2 is 1.59 bits per heavy atom. The minimum atomic E-state index is -0.882. The number of carbonyl (C=O) groups excluding carboxylic acids is 3. The summed E-state index contributed by atoms with van der Waals surface area (Å²) in [6.07, 6.45) is 6.18. The van der Waals surface area contributed by atoms with E-state index in [1.807, 2.05) is 0 Å². The van der Waals surface area contributed by atoms with Gasteiger partial charge in [0.1, 0.15) is 12.1 Å². The smallest absolute Gasteiger partial charge is 0.323 e. The molecule has 2 N–H and O–H groups in total. The van der Waals surface area contributed by atoms with Gasteiger partial charge in [-0.1, -0.05) is 66.9 Å². The maximum Gasteiger partial charge on any atom is 0.325 e. The number of nitrogens with one attached hydrogen (secondary N) is 2. The Morgan fingerprint density at radius 3 is 2.19 bits per heavy atom. The first-order valence-corrected chi connectivity index (χ1v) is 10.0. The molecule has 4 amide bonds. The Balaban J connectivity index is 1.71. The zero-order valence-corrected chi connectivity index (χ0v) is 16.9. The van der Waals surface area contributed by atoms with Crippen LogP contribution in [0.5, 0.6) is 0 Å². The average Bonchev–Trinajstić information content (AvgIpc) is 2.79. The van der Waals surface area contributed by atoms with Crippen molar-refractivity contribution in [3.63, 3.8) is 0 Å². The number of hydrogen-bond acceptors (Lipinski definition) is 3. The molecule has 9 heteroatoms. The Morgan fingerprint density at radius 1 is 1.04 bits per heavy atom. The third-order valence-corrected chi connectivity index (χ3v) is 5.84. The molecule has 6 nitrogen and oxygen atoms in total. The van der Waals surface area contributed by atoms with Crippen molar-refractivity contribution in [1.29, 1.82) is 0 Å². The van der Waals surface area contributed by atoms with E-state index in [0.717, 1.165) is 37.0 Å². The van der Waals surface area contributed by atoms with Crippen LogP contribution in [0.3, 0.4) is 0 Å². The Hall–Kier alpha value is -1.50. The second kappa shape index (κ2) is 8.25. The van der Waals surface area contributed by atoms with Gasteiger partial charge in [0.2, 0.25) is 5.91 Å². The fourth-order valence-electron chi connectivity index (χ4n) is 3.65. The molecule has 3 rings (SSSR count). The quantitative estimate of drug-likeness (QED) is 0.684. The molecule has 146 valence electrons. The summed E-state index contributed by atoms with van der Waals surface area (Å²) in [5.41, 5.74) is -0.687. The molecule has 1 saturated carbocycles. The number of benzene rings is 1. The van der Waals surface area contributed by atoms with Crippen molar-refractivity contribution in [2.45, 2.75) is 50.5 Å². The van der Waals surface area contributed by atoms with Gasteiger partial charge in [0.25, 0.3) is 5.91 Å². The van der Waals surface area contributed by atoms with Crippen molar-refractivity contribution in [2.24, 2.45) is 0 Å². The van der Waals surface area contributed by atoms with Gasteiger partial charge in [-0.3, -0.25) is 14.5 Å². The zero-order valence-electron chi connectivity index (χ0n) is 14.6. The van der Waals surface area contributed by atoms with Crippen LogP contribution in [0.2, 0.25) is 15.1 Å². The number of amides is 4. The normalized spacial score (nSPS) is 19.6. The monoisotopic (exact) mass is 431 g/mol. The topological polar surface area (TPSA) is 78.5 Å². The van der Waals surface area contributed by atoms with Gasteiger partial charge in [-0.25, -0.2) is 4.79 Å². The summed E-state index contributed by atoms with van der Waals surface area (Å²) in [5, 5.41) is 6.06. The molecule has 27 heavy (non-hydrogen) atoms. The standard InChI is InChI=1S/C18H20Cl3N3O3/c19-11-8-12(20)15(13(21)9-11)22-14(25)10-24-16(26)18(23-17(24)27)6-4-2-1-3-5-7-18/h8-9H,1-7,10H2,(H,22,25)(H,23,27). The molecule has 1 spiro atoms. The van der Waals surface area contributed by atoms with Crippen LogP contribution in [-0.4, -0.2) is 34.8 Å². The van der Waals surface area contributed by atoms with Crippen LogP contribution < -0.4 is 10.6 Å². The highest BCUT2D eigenvalue weighted by molar-refractivity contribution is 6.42. The van der Waals surface area contributed by atoms with E-state index in [-0.39, 0.29) is 21.6 Å². The molecule has 1 aliphatic heterocycles. The maximum atomic E-state index is 12.9. The Bertz CT molecular complexity index is 753. The lowest BCUT2D eigenvalue weighted by Gasteiger charge is -2.28. The molecule has 0 bridgehead atoms. The highest BCUT2D eigenvalue weighted by Crippen LogP contribution is 2.34. The zero-order chi connectivity index (χ0) is 19.6. The molecule has 1 aromatic rings. The van der Waals surface area contributed by atoms with Crippen LogP contribution >= 0.6 is 34.8 Å². The molecule has 0 radical (unpaired) electrons. The van der Waals surface area contributed by atoms with Crippen molar-refractivity contribution in [1.82, 2.24) is 10.2 Å². The molecule has 2 fully saturated rings. The van der Waals surface area contributed by atoms with Gasteiger partial charge >= 0.3 is 6.03 Å². The summed E-state index contributed by atoms with van der Waals surface area (Å²) in [5.74, 6) is -0.898. The third-order valence-electron chi connectivity index (χ3n) is 5.03. The summed E-state index contributed by atoms with van der Waals surface area (Å²) >= 11 is 18.0. The number of imide groups is 1. The van der Waals surface area contributed by atoms with Crippen molar-refractivity contribution in [2.75, 3.05) is 11.9 Å². The Kier molecular flexibility index (Phi) is 6.18. The van der Waals surface area contributed by atoms with Gasteiger partial charge in [-0.2, -0.15) is 0 Å². The van der Waals surface area contributed by atoms with Crippen molar-refractivity contribution in [3.05, 3.63) is 27.2 Å². The van der Waals surface area contributed by atoms with Gasteiger partial charge in [0.05, 0.1) is 15.7 Å². The molecule has 1 heterocycles. The molecule has 1 aliphatic carbocycles. The van der Waals surface area contributed by atoms with Gasteiger partial charge < -0.3 is 10.6 Å². The van der Waals surface area contributed by atoms with E-state index in [1.54, 1.807) is 0 Å². The number of urea groups is 1. The van der Waals surface area contributed by atoms with Crippen LogP contribution in [-0.2, 0) is 9.59 Å². The SMILES string of the molecule is O=C(CN1C(=O)NC2(CCCCCCC2)C1=O)Nc1c(Cl)cc(Cl)cc1Cl. The summed E-state index contributed by atoms with van der Waals surface area (Å²) in [6.45, 7) is -0.401. The van der Waals surface area contributed by atoms with E-state index >= 15 is 0 Å². The van der Waals surface area contributed by atoms with E-state index in [0.29, 0.717) is 17.9 Å². The summed E-state index contributed by atoms with van der Waals surface area (Å²) in [4.78, 5) is 38.7. The Labute approximate surface area is 172 Å². The first-order valence-electron chi connectivity index (χ1n) is 8.91. The van der Waals surface area contributed by atoms with E-state index < -0.39 is 24.0 Å². The summed E-state index contributed by atoms with van der Waals surface area (Å²) < 4.78 is 0. The largest absolute Gasteiger partial charge is 0.325 e. The number of halogens is 3. The van der Waals surface area contributed by atoms with Gasteiger partial charge in [-0.15, -0.1) is 0 Å². The summed E-state index contributed by atoms with van der Waals surface area (Å²) in [7, 11) is 0. The minimum Gasteiger partial charge on any atom is -0.323 e. The first-order chi connectivity index (χ1) is 12.8. The molecular weight excluding hydrogens is 413 g/mol. The number of nitrogens with zero attached hydrogens (tertiary/aromatic N) is 1. The van der Waals surface area contributed by atoms with Crippen molar-refractivity contribution in [3.8, 4) is 0 Å². The van der Waals surface area contributed by atoms with Crippen LogP contribution in [0.1, 0.15) is 44.9 Å². The van der Waals surface area contributed by atoms with Crippen molar-refractivity contribution >= 4 is 58.3 Å². The second-order valence-electron chi connectivity index (χ2n) is 6.96. The highest BCUT2D eigenvalue weighted by Gasteiger charge is 2.50.